The van der Waals surface area contributed by atoms with E-state index in [1.807, 2.05) is 60.7 Å². The number of halogens is 1. The van der Waals surface area contributed by atoms with Crippen molar-refractivity contribution in [2.24, 2.45) is 0 Å². The van der Waals surface area contributed by atoms with Gasteiger partial charge in [-0.25, -0.2) is 18.9 Å². The second-order valence-corrected chi connectivity index (χ2v) is 7.96. The molecule has 0 fully saturated rings. The normalized spacial score (nSPS) is 10.7. The van der Waals surface area contributed by atoms with Crippen molar-refractivity contribution < 1.29 is 18.7 Å². The van der Waals surface area contributed by atoms with Gasteiger partial charge in [-0.05, 0) is 47.5 Å². The predicted molar refractivity (Wildman–Crippen MR) is 133 cm³/mol. The topological polar surface area (TPSA) is 74.1 Å². The van der Waals surface area contributed by atoms with E-state index in [9.17, 15) is 14.0 Å². The van der Waals surface area contributed by atoms with Crippen LogP contribution in [0, 0.1) is 5.82 Å². The maximum Gasteiger partial charge on any atom is 0.378 e. The highest BCUT2D eigenvalue weighted by Crippen LogP contribution is 2.22. The van der Waals surface area contributed by atoms with Gasteiger partial charge in [0.2, 0.25) is 0 Å². The summed E-state index contributed by atoms with van der Waals surface area (Å²) in [6.07, 6.45) is 0. The third-order valence-electron chi connectivity index (χ3n) is 5.54. The molecule has 5 rings (SSSR count). The fraction of sp³-hybridized carbons (Fsp3) is 0.0345. The molecule has 1 aromatic heterocycles. The summed E-state index contributed by atoms with van der Waals surface area (Å²) in [5, 5.41) is 4.30. The molecule has 1 heterocycles. The summed E-state index contributed by atoms with van der Waals surface area (Å²) >= 11 is 0. The van der Waals surface area contributed by atoms with Crippen molar-refractivity contribution in [2.75, 3.05) is 6.61 Å². The summed E-state index contributed by atoms with van der Waals surface area (Å²) in [7, 11) is 0. The van der Waals surface area contributed by atoms with Crippen LogP contribution in [0.2, 0.25) is 0 Å². The van der Waals surface area contributed by atoms with Gasteiger partial charge in [0, 0.05) is 11.1 Å². The van der Waals surface area contributed by atoms with Crippen molar-refractivity contribution in [1.29, 1.82) is 0 Å². The first-order valence-corrected chi connectivity index (χ1v) is 11.2. The summed E-state index contributed by atoms with van der Waals surface area (Å²) < 4.78 is 20.1. The lowest BCUT2D eigenvalue weighted by Crippen LogP contribution is -2.15. The van der Waals surface area contributed by atoms with E-state index < -0.39 is 12.6 Å². The zero-order chi connectivity index (χ0) is 24.9. The molecule has 0 atom stereocenters. The van der Waals surface area contributed by atoms with Crippen molar-refractivity contribution in [1.82, 2.24) is 14.8 Å². The van der Waals surface area contributed by atoms with Gasteiger partial charge < -0.3 is 4.74 Å². The highest BCUT2D eigenvalue weighted by atomic mass is 19.1. The molecule has 4 aromatic carbocycles. The number of hydrogen-bond donors (Lipinski definition) is 0. The van der Waals surface area contributed by atoms with Gasteiger partial charge in [-0.3, -0.25) is 4.79 Å². The number of rotatable bonds is 7. The van der Waals surface area contributed by atoms with Gasteiger partial charge in [-0.2, -0.15) is 0 Å². The fourth-order valence-corrected chi connectivity index (χ4v) is 3.69. The molecule has 0 spiro atoms. The quantitative estimate of drug-likeness (QED) is 0.219. The van der Waals surface area contributed by atoms with Crippen molar-refractivity contribution >= 4 is 11.8 Å². The Morgan fingerprint density at radius 3 is 1.97 bits per heavy atom. The molecule has 0 amide bonds. The van der Waals surface area contributed by atoms with Gasteiger partial charge in [0.15, 0.2) is 18.2 Å². The van der Waals surface area contributed by atoms with E-state index in [1.165, 1.54) is 16.8 Å². The number of benzene rings is 4. The lowest BCUT2D eigenvalue weighted by molar-refractivity contribution is 0.0462. The molecule has 0 radical (unpaired) electrons. The molecular weight excluding hydrogens is 457 g/mol. The van der Waals surface area contributed by atoms with Crippen LogP contribution in [0.3, 0.4) is 0 Å². The van der Waals surface area contributed by atoms with Gasteiger partial charge in [-0.1, -0.05) is 72.8 Å². The van der Waals surface area contributed by atoms with Gasteiger partial charge in [0.1, 0.15) is 5.82 Å². The van der Waals surface area contributed by atoms with E-state index >= 15 is 0 Å². The van der Waals surface area contributed by atoms with E-state index in [1.54, 1.807) is 36.4 Å². The molecule has 0 aliphatic heterocycles. The van der Waals surface area contributed by atoms with E-state index in [-0.39, 0.29) is 17.4 Å². The molecule has 0 saturated heterocycles. The molecule has 36 heavy (non-hydrogen) atoms. The lowest BCUT2D eigenvalue weighted by atomic mass is 10.0. The minimum atomic E-state index is -0.831. The molecule has 6 nitrogen and oxygen atoms in total. The zero-order valence-electron chi connectivity index (χ0n) is 19.0. The third-order valence-corrected chi connectivity index (χ3v) is 5.54. The van der Waals surface area contributed by atoms with Crippen molar-refractivity contribution in [2.45, 2.75) is 0 Å². The first kappa shape index (κ1) is 22.9. The second-order valence-electron chi connectivity index (χ2n) is 7.96. The largest absolute Gasteiger partial charge is 0.451 e. The highest BCUT2D eigenvalue weighted by molar-refractivity contribution is 5.99. The number of Topliss-reactive ketones (excluding diaryl/α,β-unsaturated/α-hetero) is 1. The molecule has 0 aliphatic carbocycles. The third kappa shape index (κ3) is 4.95. The lowest BCUT2D eigenvalue weighted by Gasteiger charge is -2.05. The number of carbonyl (C=O) groups is 2. The Balaban J connectivity index is 1.33. The number of aromatic nitrogens is 3. The molecular formula is C29H20FN3O3. The average molecular weight is 477 g/mol. The number of hydrogen-bond acceptors (Lipinski definition) is 5. The van der Waals surface area contributed by atoms with Gasteiger partial charge in [-0.15, -0.1) is 5.10 Å². The van der Waals surface area contributed by atoms with E-state index in [0.29, 0.717) is 22.6 Å². The average Bonchev–Trinajstić information content (AvgIpc) is 3.39. The van der Waals surface area contributed by atoms with Crippen LogP contribution in [0.4, 0.5) is 4.39 Å². The van der Waals surface area contributed by atoms with Gasteiger partial charge in [0.25, 0.3) is 5.82 Å². The van der Waals surface area contributed by atoms with Crippen LogP contribution >= 0.6 is 0 Å². The first-order valence-electron chi connectivity index (χ1n) is 11.2. The van der Waals surface area contributed by atoms with Gasteiger partial charge in [0.05, 0.1) is 5.69 Å². The second kappa shape index (κ2) is 10.1. The Morgan fingerprint density at radius 2 is 1.31 bits per heavy atom. The Kier molecular flexibility index (Phi) is 6.44. The summed E-state index contributed by atoms with van der Waals surface area (Å²) in [5.74, 6) is -1.42. The van der Waals surface area contributed by atoms with Crippen LogP contribution in [0.5, 0.6) is 0 Å². The van der Waals surface area contributed by atoms with Crippen molar-refractivity contribution in [3.05, 3.63) is 126 Å². The Hall–Kier alpha value is -4.91. The molecule has 5 aromatic rings. The van der Waals surface area contributed by atoms with Crippen molar-refractivity contribution in [3.63, 3.8) is 0 Å². The summed E-state index contributed by atoms with van der Waals surface area (Å²) in [4.78, 5) is 29.7. The summed E-state index contributed by atoms with van der Waals surface area (Å²) in [6.45, 7) is -0.449. The number of para-hydroxylation sites is 1. The van der Waals surface area contributed by atoms with E-state index in [0.717, 1.165) is 11.1 Å². The minimum Gasteiger partial charge on any atom is -0.451 e. The Labute approximate surface area is 206 Å². The fourth-order valence-electron chi connectivity index (χ4n) is 3.69. The number of carbonyl (C=O) groups excluding carboxylic acids is 2. The molecule has 0 aliphatic rings. The maximum absolute atomic E-state index is 13.4. The van der Waals surface area contributed by atoms with Crippen LogP contribution in [0.15, 0.2) is 109 Å². The molecule has 0 bridgehead atoms. The van der Waals surface area contributed by atoms with Crippen LogP contribution in [0.1, 0.15) is 21.0 Å². The Bertz CT molecular complexity index is 1500. The van der Waals surface area contributed by atoms with Crippen LogP contribution in [-0.2, 0) is 4.74 Å². The number of esters is 1. The van der Waals surface area contributed by atoms with Gasteiger partial charge >= 0.3 is 5.97 Å². The number of nitrogens with zero attached hydrogens (tertiary/aromatic N) is 3. The Morgan fingerprint density at radius 1 is 0.722 bits per heavy atom. The zero-order valence-corrected chi connectivity index (χ0v) is 19.0. The molecule has 176 valence electrons. The molecule has 0 unspecified atom stereocenters. The van der Waals surface area contributed by atoms with Crippen LogP contribution in [0.25, 0.3) is 28.2 Å². The molecule has 7 heteroatoms. The first-order chi connectivity index (χ1) is 17.6. The standard InChI is InChI=1S/C29H20FN3O3/c30-24-17-15-23(16-18-24)28-31-27(32-33(28)25-9-5-2-6-10-25)29(35)36-19-26(34)22-13-11-21(12-14-22)20-7-3-1-4-8-20/h1-18H,19H2. The molecule has 0 N–H and O–H groups in total. The SMILES string of the molecule is O=C(COC(=O)c1nc(-c2ccc(F)cc2)n(-c2ccccc2)n1)c1ccc(-c2ccccc2)cc1. The highest BCUT2D eigenvalue weighted by Gasteiger charge is 2.21. The van der Waals surface area contributed by atoms with E-state index in [2.05, 4.69) is 10.1 Å². The van der Waals surface area contributed by atoms with E-state index in [4.69, 9.17) is 4.74 Å². The minimum absolute atomic E-state index is 0.203. The smallest absolute Gasteiger partial charge is 0.378 e. The summed E-state index contributed by atoms with van der Waals surface area (Å²) in [6, 6.07) is 31.7. The predicted octanol–water partition coefficient (Wildman–Crippen LogP) is 5.78. The summed E-state index contributed by atoms with van der Waals surface area (Å²) in [5.41, 5.74) is 3.68. The number of ketones is 1. The van der Waals surface area contributed by atoms with Crippen LogP contribution < -0.4 is 0 Å². The molecule has 0 saturated carbocycles. The van der Waals surface area contributed by atoms with Crippen LogP contribution in [-0.4, -0.2) is 33.1 Å². The monoisotopic (exact) mass is 477 g/mol. The number of ether oxygens (including phenoxy) is 1. The maximum atomic E-state index is 13.4. The van der Waals surface area contributed by atoms with Crippen molar-refractivity contribution in [3.8, 4) is 28.2 Å².